The van der Waals surface area contributed by atoms with Crippen molar-refractivity contribution in [2.45, 2.75) is 24.3 Å². The zero-order valence-corrected chi connectivity index (χ0v) is 13.4. The van der Waals surface area contributed by atoms with Crippen LogP contribution in [-0.4, -0.2) is 14.5 Å². The molecule has 3 rings (SSSR count). The summed E-state index contributed by atoms with van der Waals surface area (Å²) in [6.45, 7) is 1.94. The van der Waals surface area contributed by atoms with Gasteiger partial charge in [-0.25, -0.2) is 8.42 Å². The van der Waals surface area contributed by atoms with Gasteiger partial charge in [-0.05, 0) is 49.2 Å². The summed E-state index contributed by atoms with van der Waals surface area (Å²) in [4.78, 5) is 0.336. The number of fused-ring (bicyclic) bond motifs is 1. The molecule has 104 valence electrons. The van der Waals surface area contributed by atoms with E-state index in [1.165, 1.54) is 4.31 Å². The topological polar surface area (TPSA) is 37.4 Å². The Morgan fingerprint density at radius 2 is 1.85 bits per heavy atom. The Morgan fingerprint density at radius 1 is 1.15 bits per heavy atom. The first-order chi connectivity index (χ1) is 9.50. The lowest BCUT2D eigenvalue weighted by Crippen LogP contribution is -2.35. The summed E-state index contributed by atoms with van der Waals surface area (Å²) in [7, 11) is -3.50. The van der Waals surface area contributed by atoms with Gasteiger partial charge in [-0.15, -0.1) is 0 Å². The number of anilines is 1. The third-order valence-electron chi connectivity index (χ3n) is 3.49. The Kier molecular flexibility index (Phi) is 3.34. The lowest BCUT2D eigenvalue weighted by molar-refractivity contribution is 0.584. The van der Waals surface area contributed by atoms with E-state index in [1.54, 1.807) is 24.3 Å². The van der Waals surface area contributed by atoms with Crippen molar-refractivity contribution in [2.75, 3.05) is 4.31 Å². The molecule has 0 fully saturated rings. The average molecular weight is 352 g/mol. The highest BCUT2D eigenvalue weighted by Crippen LogP contribution is 2.37. The molecule has 20 heavy (non-hydrogen) atoms. The molecule has 0 radical (unpaired) electrons. The largest absolute Gasteiger partial charge is 0.264 e. The molecule has 0 bridgehead atoms. The van der Waals surface area contributed by atoms with Crippen LogP contribution >= 0.6 is 15.9 Å². The maximum absolute atomic E-state index is 12.8. The van der Waals surface area contributed by atoms with Gasteiger partial charge in [0.15, 0.2) is 0 Å². The fraction of sp³-hybridized carbons (Fsp3) is 0.200. The first-order valence-corrected chi connectivity index (χ1v) is 8.61. The van der Waals surface area contributed by atoms with E-state index in [4.69, 9.17) is 0 Å². The lowest BCUT2D eigenvalue weighted by atomic mass is 10.1. The van der Waals surface area contributed by atoms with Crippen molar-refractivity contribution >= 4 is 31.6 Å². The highest BCUT2D eigenvalue weighted by Gasteiger charge is 2.35. The molecule has 0 amide bonds. The zero-order valence-electron chi connectivity index (χ0n) is 11.0. The monoisotopic (exact) mass is 351 g/mol. The molecule has 0 spiro atoms. The summed E-state index contributed by atoms with van der Waals surface area (Å²) in [6.07, 6.45) is 0.737. The van der Waals surface area contributed by atoms with E-state index in [0.29, 0.717) is 4.90 Å². The maximum Gasteiger partial charge on any atom is 0.264 e. The van der Waals surface area contributed by atoms with Crippen LogP contribution in [0.3, 0.4) is 0 Å². The first-order valence-electron chi connectivity index (χ1n) is 6.38. The molecule has 0 saturated carbocycles. The van der Waals surface area contributed by atoms with Crippen LogP contribution in [0, 0.1) is 0 Å². The molecule has 0 unspecified atom stereocenters. The van der Waals surface area contributed by atoms with E-state index in [0.717, 1.165) is 22.1 Å². The van der Waals surface area contributed by atoms with Gasteiger partial charge in [-0.1, -0.05) is 34.1 Å². The van der Waals surface area contributed by atoms with Crippen LogP contribution in [0.25, 0.3) is 0 Å². The van der Waals surface area contributed by atoms with E-state index < -0.39 is 10.0 Å². The van der Waals surface area contributed by atoms with E-state index >= 15 is 0 Å². The molecular formula is C15H14BrNO2S. The molecule has 1 heterocycles. The molecule has 0 aromatic heterocycles. The second-order valence-corrected chi connectivity index (χ2v) is 7.67. The molecule has 1 atom stereocenters. The molecule has 5 heteroatoms. The van der Waals surface area contributed by atoms with Crippen molar-refractivity contribution in [2.24, 2.45) is 0 Å². The van der Waals surface area contributed by atoms with Gasteiger partial charge in [0.25, 0.3) is 10.0 Å². The van der Waals surface area contributed by atoms with Crippen molar-refractivity contribution in [3.8, 4) is 0 Å². The van der Waals surface area contributed by atoms with Gasteiger partial charge < -0.3 is 0 Å². The Labute approximate surface area is 127 Å². The number of nitrogens with zero attached hydrogens (tertiary/aromatic N) is 1. The molecule has 0 aliphatic carbocycles. The van der Waals surface area contributed by atoms with Gasteiger partial charge in [-0.2, -0.15) is 0 Å². The summed E-state index contributed by atoms with van der Waals surface area (Å²) < 4.78 is 28.1. The normalized spacial score (nSPS) is 18.1. The summed E-state index contributed by atoms with van der Waals surface area (Å²) >= 11 is 3.43. The van der Waals surface area contributed by atoms with Crippen LogP contribution in [-0.2, 0) is 16.4 Å². The van der Waals surface area contributed by atoms with Gasteiger partial charge in [0.2, 0.25) is 0 Å². The Hall–Kier alpha value is -1.33. The van der Waals surface area contributed by atoms with Gasteiger partial charge in [0.1, 0.15) is 0 Å². The number of hydrogen-bond acceptors (Lipinski definition) is 2. The van der Waals surface area contributed by atoms with Crippen molar-refractivity contribution in [1.29, 1.82) is 0 Å². The number of hydrogen-bond donors (Lipinski definition) is 0. The van der Waals surface area contributed by atoms with Crippen LogP contribution in [0.2, 0.25) is 0 Å². The fourth-order valence-corrected chi connectivity index (χ4v) is 4.77. The minimum absolute atomic E-state index is 0.0653. The zero-order chi connectivity index (χ0) is 14.3. The SMILES string of the molecule is C[C@H]1Cc2cc(Br)ccc2N1S(=O)(=O)c1ccccc1. The molecule has 2 aromatic rings. The van der Waals surface area contributed by atoms with Crippen LogP contribution < -0.4 is 4.31 Å². The first kappa shape index (κ1) is 13.6. The lowest BCUT2D eigenvalue weighted by Gasteiger charge is -2.24. The Balaban J connectivity index is 2.12. The summed E-state index contributed by atoms with van der Waals surface area (Å²) in [5.74, 6) is 0. The number of halogens is 1. The molecule has 3 nitrogen and oxygen atoms in total. The highest BCUT2D eigenvalue weighted by atomic mass is 79.9. The van der Waals surface area contributed by atoms with Gasteiger partial charge in [0.05, 0.1) is 10.6 Å². The Bertz CT molecular complexity index is 744. The average Bonchev–Trinajstić information content (AvgIpc) is 2.75. The van der Waals surface area contributed by atoms with E-state index in [9.17, 15) is 8.42 Å². The third-order valence-corrected chi connectivity index (χ3v) is 5.93. The van der Waals surface area contributed by atoms with Crippen molar-refractivity contribution in [3.63, 3.8) is 0 Å². The molecule has 1 aliphatic rings. The Morgan fingerprint density at radius 3 is 2.55 bits per heavy atom. The summed E-state index contributed by atoms with van der Waals surface area (Å²) in [5.41, 5.74) is 1.84. The summed E-state index contributed by atoms with van der Waals surface area (Å²) in [6, 6.07) is 14.3. The van der Waals surface area contributed by atoms with Gasteiger partial charge in [0, 0.05) is 10.5 Å². The van der Waals surface area contributed by atoms with Crippen molar-refractivity contribution in [1.82, 2.24) is 0 Å². The predicted molar refractivity (Wildman–Crippen MR) is 83.4 cm³/mol. The second-order valence-electron chi connectivity index (χ2n) is 4.94. The van der Waals surface area contributed by atoms with E-state index in [1.807, 2.05) is 31.2 Å². The van der Waals surface area contributed by atoms with Crippen LogP contribution in [0.5, 0.6) is 0 Å². The van der Waals surface area contributed by atoms with Crippen molar-refractivity contribution < 1.29 is 8.42 Å². The standard InChI is InChI=1S/C15H14BrNO2S/c1-11-9-12-10-13(16)7-8-15(12)17(11)20(18,19)14-5-3-2-4-6-14/h2-8,10-11H,9H2,1H3/t11-/m0/s1. The highest BCUT2D eigenvalue weighted by molar-refractivity contribution is 9.10. The summed E-state index contributed by atoms with van der Waals surface area (Å²) in [5, 5.41) is 0. The fourth-order valence-electron chi connectivity index (χ4n) is 2.64. The quantitative estimate of drug-likeness (QED) is 0.828. The van der Waals surface area contributed by atoms with E-state index in [-0.39, 0.29) is 6.04 Å². The van der Waals surface area contributed by atoms with Crippen LogP contribution in [0.4, 0.5) is 5.69 Å². The van der Waals surface area contributed by atoms with E-state index in [2.05, 4.69) is 15.9 Å². The molecular weight excluding hydrogens is 338 g/mol. The minimum Gasteiger partial charge on any atom is -0.263 e. The third kappa shape index (κ3) is 2.15. The second kappa shape index (κ2) is 4.90. The van der Waals surface area contributed by atoms with Gasteiger partial charge >= 0.3 is 0 Å². The van der Waals surface area contributed by atoms with Crippen LogP contribution in [0.1, 0.15) is 12.5 Å². The maximum atomic E-state index is 12.8. The van der Waals surface area contributed by atoms with Gasteiger partial charge in [-0.3, -0.25) is 4.31 Å². The minimum atomic E-state index is -3.50. The smallest absolute Gasteiger partial charge is 0.263 e. The molecule has 0 saturated heterocycles. The van der Waals surface area contributed by atoms with Crippen molar-refractivity contribution in [3.05, 3.63) is 58.6 Å². The molecule has 2 aromatic carbocycles. The predicted octanol–water partition coefficient (Wildman–Crippen LogP) is 3.59. The number of sulfonamides is 1. The number of benzene rings is 2. The molecule has 0 N–H and O–H groups in total. The number of rotatable bonds is 2. The van der Waals surface area contributed by atoms with Crippen LogP contribution in [0.15, 0.2) is 57.9 Å². The molecule has 1 aliphatic heterocycles.